The van der Waals surface area contributed by atoms with Crippen LogP contribution in [0.4, 0.5) is 0 Å². The molecular formula is C21H17BrN4O4S2. The van der Waals surface area contributed by atoms with E-state index in [1.54, 1.807) is 18.2 Å². The molecule has 0 radical (unpaired) electrons. The number of benzene rings is 2. The van der Waals surface area contributed by atoms with Crippen LogP contribution in [0.25, 0.3) is 6.08 Å². The Morgan fingerprint density at radius 3 is 2.59 bits per heavy atom. The van der Waals surface area contributed by atoms with Crippen LogP contribution in [0.2, 0.25) is 0 Å². The summed E-state index contributed by atoms with van der Waals surface area (Å²) in [5, 5.41) is 13.4. The Morgan fingerprint density at radius 2 is 1.94 bits per heavy atom. The zero-order valence-electron chi connectivity index (χ0n) is 17.0. The molecule has 0 aliphatic carbocycles. The molecule has 0 bridgehead atoms. The number of aryl methyl sites for hydroxylation is 1. The van der Waals surface area contributed by atoms with Gasteiger partial charge in [0, 0.05) is 6.26 Å². The van der Waals surface area contributed by atoms with Crippen molar-refractivity contribution in [2.45, 2.75) is 13.5 Å². The van der Waals surface area contributed by atoms with Crippen LogP contribution in [-0.2, 0) is 21.2 Å². The maximum absolute atomic E-state index is 12.5. The van der Waals surface area contributed by atoms with Crippen LogP contribution in [0.15, 0.2) is 62.6 Å². The second kappa shape index (κ2) is 8.64. The van der Waals surface area contributed by atoms with E-state index in [1.165, 1.54) is 11.6 Å². The predicted octanol–water partition coefficient (Wildman–Crippen LogP) is 3.96. The molecule has 2 heterocycles. The molecule has 0 fully saturated rings. The lowest BCUT2D eigenvalue weighted by molar-refractivity contribution is -0.114. The number of hydrogen-bond donors (Lipinski definition) is 1. The molecule has 0 spiro atoms. The number of nitrogens with zero attached hydrogens (tertiary/aromatic N) is 3. The summed E-state index contributed by atoms with van der Waals surface area (Å²) in [5.74, 6) is -0.229. The van der Waals surface area contributed by atoms with Crippen molar-refractivity contribution in [2.75, 3.05) is 6.26 Å². The molecule has 4 rings (SSSR count). The minimum Gasteiger partial charge on any atom is -0.488 e. The van der Waals surface area contributed by atoms with Crippen molar-refractivity contribution < 1.29 is 17.9 Å². The molecule has 2 aromatic rings. The molecule has 0 atom stereocenters. The summed E-state index contributed by atoms with van der Waals surface area (Å²) >= 11 is 4.23. The molecule has 2 aromatic carbocycles. The van der Waals surface area contributed by atoms with E-state index in [2.05, 4.69) is 26.0 Å². The van der Waals surface area contributed by atoms with Gasteiger partial charge in [-0.25, -0.2) is 8.42 Å². The summed E-state index contributed by atoms with van der Waals surface area (Å²) in [4.78, 5) is 16.4. The van der Waals surface area contributed by atoms with Crippen LogP contribution >= 0.6 is 27.7 Å². The Kier molecular flexibility index (Phi) is 6.06. The highest BCUT2D eigenvalue weighted by molar-refractivity contribution is 9.10. The van der Waals surface area contributed by atoms with E-state index in [1.807, 2.05) is 31.2 Å². The van der Waals surface area contributed by atoms with Gasteiger partial charge in [-0.05, 0) is 64.0 Å². The highest BCUT2D eigenvalue weighted by Crippen LogP contribution is 2.31. The highest BCUT2D eigenvalue weighted by atomic mass is 79.9. The molecule has 1 N–H and O–H groups in total. The molecule has 164 valence electrons. The summed E-state index contributed by atoms with van der Waals surface area (Å²) in [5.41, 5.74) is 2.87. The van der Waals surface area contributed by atoms with E-state index < -0.39 is 15.7 Å². The number of thioether (sulfide) groups is 1. The van der Waals surface area contributed by atoms with Crippen molar-refractivity contribution in [3.8, 4) is 5.75 Å². The second-order valence-electron chi connectivity index (χ2n) is 7.12. The number of hydrogen-bond acceptors (Lipinski definition) is 7. The van der Waals surface area contributed by atoms with Crippen LogP contribution in [0.5, 0.6) is 5.75 Å². The van der Waals surface area contributed by atoms with E-state index in [9.17, 15) is 13.2 Å². The molecule has 0 aromatic heterocycles. The fourth-order valence-electron chi connectivity index (χ4n) is 2.86. The SMILES string of the molecule is Cc1ccc(COc2ccc(/C=C3/C(=N)N4N=C(S(C)(=O)=O)SC4=NC3=O)cc2Br)cc1. The van der Waals surface area contributed by atoms with Gasteiger partial charge in [-0.2, -0.15) is 10.0 Å². The molecule has 2 aliphatic heterocycles. The largest absolute Gasteiger partial charge is 0.488 e. The van der Waals surface area contributed by atoms with Crippen LogP contribution in [-0.4, -0.2) is 41.0 Å². The van der Waals surface area contributed by atoms with E-state index >= 15 is 0 Å². The van der Waals surface area contributed by atoms with Crippen molar-refractivity contribution in [1.29, 1.82) is 5.41 Å². The normalized spacial score (nSPS) is 17.3. The summed E-state index contributed by atoms with van der Waals surface area (Å²) in [6.45, 7) is 2.43. The lowest BCUT2D eigenvalue weighted by Crippen LogP contribution is -2.35. The first-order valence-electron chi connectivity index (χ1n) is 9.30. The Balaban J connectivity index is 1.54. The molecule has 0 saturated heterocycles. The van der Waals surface area contributed by atoms with Crippen molar-refractivity contribution in [3.05, 3.63) is 69.2 Å². The number of amides is 1. The van der Waals surface area contributed by atoms with E-state index in [4.69, 9.17) is 10.1 Å². The number of carbonyl (C=O) groups is 1. The van der Waals surface area contributed by atoms with Gasteiger partial charge in [0.2, 0.25) is 19.4 Å². The third-order valence-electron chi connectivity index (χ3n) is 4.54. The average Bonchev–Trinajstić information content (AvgIpc) is 3.16. The highest BCUT2D eigenvalue weighted by Gasteiger charge is 2.38. The molecule has 11 heteroatoms. The number of amidine groups is 2. The maximum Gasteiger partial charge on any atom is 0.283 e. The van der Waals surface area contributed by atoms with Gasteiger partial charge in [-0.3, -0.25) is 10.2 Å². The van der Waals surface area contributed by atoms with Crippen LogP contribution < -0.4 is 4.74 Å². The number of nitrogens with one attached hydrogen (secondary N) is 1. The molecule has 8 nitrogen and oxygen atoms in total. The van der Waals surface area contributed by atoms with Gasteiger partial charge in [0.1, 0.15) is 12.4 Å². The fourth-order valence-corrected chi connectivity index (χ4v) is 5.06. The number of sulfone groups is 1. The molecule has 0 unspecified atom stereocenters. The maximum atomic E-state index is 12.5. The topological polar surface area (TPSA) is 112 Å². The average molecular weight is 533 g/mol. The van der Waals surface area contributed by atoms with Gasteiger partial charge in [0.15, 0.2) is 5.84 Å². The summed E-state index contributed by atoms with van der Waals surface area (Å²) < 4.78 is 29.8. The van der Waals surface area contributed by atoms with Gasteiger partial charge in [0.25, 0.3) is 5.91 Å². The summed E-state index contributed by atoms with van der Waals surface area (Å²) in [7, 11) is -3.57. The van der Waals surface area contributed by atoms with Gasteiger partial charge in [-0.15, -0.1) is 5.10 Å². The monoisotopic (exact) mass is 532 g/mol. The molecule has 32 heavy (non-hydrogen) atoms. The first-order valence-corrected chi connectivity index (χ1v) is 12.8. The summed E-state index contributed by atoms with van der Waals surface area (Å²) in [6.07, 6.45) is 2.53. The summed E-state index contributed by atoms with van der Waals surface area (Å²) in [6, 6.07) is 13.3. The molecule has 1 amide bonds. The Bertz CT molecular complexity index is 1330. The van der Waals surface area contributed by atoms with E-state index in [0.29, 0.717) is 22.4 Å². The molecule has 0 saturated carbocycles. The van der Waals surface area contributed by atoms with Gasteiger partial charge in [-0.1, -0.05) is 35.9 Å². The van der Waals surface area contributed by atoms with E-state index in [0.717, 1.165) is 28.6 Å². The number of halogens is 1. The van der Waals surface area contributed by atoms with Crippen molar-refractivity contribution >= 4 is 64.9 Å². The first-order chi connectivity index (χ1) is 15.1. The molecule has 2 aliphatic rings. The Hall–Kier alpha value is -2.76. The fraction of sp³-hybridized carbons (Fsp3) is 0.143. The van der Waals surface area contributed by atoms with Crippen molar-refractivity contribution in [1.82, 2.24) is 5.01 Å². The second-order valence-corrected chi connectivity index (χ2v) is 11.1. The third kappa shape index (κ3) is 4.69. The Labute approximate surface area is 197 Å². The quantitative estimate of drug-likeness (QED) is 0.596. The number of carbonyl (C=O) groups excluding carboxylic acids is 1. The van der Waals surface area contributed by atoms with Gasteiger partial charge >= 0.3 is 0 Å². The first kappa shape index (κ1) is 22.4. The van der Waals surface area contributed by atoms with Crippen LogP contribution in [0.3, 0.4) is 0 Å². The van der Waals surface area contributed by atoms with Crippen molar-refractivity contribution in [2.24, 2.45) is 10.1 Å². The minimum absolute atomic E-state index is 0.00748. The zero-order chi connectivity index (χ0) is 23.0. The number of ether oxygens (including phenoxy) is 1. The zero-order valence-corrected chi connectivity index (χ0v) is 20.2. The van der Waals surface area contributed by atoms with Crippen LogP contribution in [0, 0.1) is 12.3 Å². The number of hydrazone groups is 1. The standard InChI is InChI=1S/C21H17BrN4O4S2/c1-12-3-5-13(6-4-12)11-30-17-8-7-14(10-16(17)22)9-15-18(23)26-20(24-19(15)27)31-21(25-26)32(2,28)29/h3-10,23H,11H2,1-2H3/b15-9-,23-18?. The van der Waals surface area contributed by atoms with Gasteiger partial charge < -0.3 is 4.74 Å². The lowest BCUT2D eigenvalue weighted by atomic mass is 10.1. The number of fused-ring (bicyclic) bond motifs is 1. The minimum atomic E-state index is -3.57. The molecular weight excluding hydrogens is 516 g/mol. The lowest BCUT2D eigenvalue weighted by Gasteiger charge is -2.20. The smallest absolute Gasteiger partial charge is 0.283 e. The predicted molar refractivity (Wildman–Crippen MR) is 130 cm³/mol. The number of aliphatic imine (C=N–C) groups is 1. The number of rotatable bonds is 4. The van der Waals surface area contributed by atoms with Crippen molar-refractivity contribution in [3.63, 3.8) is 0 Å². The van der Waals surface area contributed by atoms with Gasteiger partial charge in [0.05, 0.1) is 10.0 Å². The van der Waals surface area contributed by atoms with Crippen LogP contribution in [0.1, 0.15) is 16.7 Å². The third-order valence-corrected chi connectivity index (χ3v) is 7.73. The van der Waals surface area contributed by atoms with E-state index in [-0.39, 0.29) is 21.0 Å². The Morgan fingerprint density at radius 1 is 1.22 bits per heavy atom.